The SMILES string of the molecule is C=C1C2CC3C4N=C[C@]5(C)CCCC46C5CCC3([C@@H]1O)[C@@]6(O)C2. The lowest BCUT2D eigenvalue weighted by Gasteiger charge is -2.69. The first-order valence-corrected chi connectivity index (χ1v) is 9.54. The second-order valence-electron chi connectivity index (χ2n) is 9.84. The Bertz CT molecular complexity index is 673. The molecule has 0 aromatic rings. The topological polar surface area (TPSA) is 52.8 Å². The van der Waals surface area contributed by atoms with Crippen molar-refractivity contribution in [2.75, 3.05) is 0 Å². The van der Waals surface area contributed by atoms with Crippen LogP contribution in [0.2, 0.25) is 0 Å². The van der Waals surface area contributed by atoms with Crippen LogP contribution in [0.1, 0.15) is 51.9 Å². The molecule has 1 aliphatic heterocycles. The molecule has 3 heteroatoms. The molecular weight excluding hydrogens is 286 g/mol. The zero-order valence-electron chi connectivity index (χ0n) is 14.0. The van der Waals surface area contributed by atoms with E-state index in [0.29, 0.717) is 17.8 Å². The van der Waals surface area contributed by atoms with E-state index in [1.165, 1.54) is 12.8 Å². The van der Waals surface area contributed by atoms with E-state index in [2.05, 4.69) is 19.7 Å². The van der Waals surface area contributed by atoms with Gasteiger partial charge in [0.25, 0.3) is 0 Å². The monoisotopic (exact) mass is 313 g/mol. The van der Waals surface area contributed by atoms with Gasteiger partial charge in [0.1, 0.15) is 0 Å². The summed E-state index contributed by atoms with van der Waals surface area (Å²) in [6.07, 6.45) is 9.28. The van der Waals surface area contributed by atoms with Crippen LogP contribution in [0.4, 0.5) is 0 Å². The summed E-state index contributed by atoms with van der Waals surface area (Å²) in [5.41, 5.74) is 0.00184. The van der Waals surface area contributed by atoms with Crippen LogP contribution in [0.3, 0.4) is 0 Å². The van der Waals surface area contributed by atoms with E-state index in [9.17, 15) is 10.2 Å². The minimum atomic E-state index is -0.721. The highest BCUT2D eigenvalue weighted by Crippen LogP contribution is 2.83. The molecule has 7 rings (SSSR count). The van der Waals surface area contributed by atoms with E-state index in [1.807, 2.05) is 0 Å². The Morgan fingerprint density at radius 3 is 2.91 bits per heavy atom. The molecule has 9 atom stereocenters. The molecule has 6 saturated carbocycles. The molecule has 6 unspecified atom stereocenters. The van der Waals surface area contributed by atoms with Crippen LogP contribution in [0, 0.1) is 34.0 Å². The van der Waals surface area contributed by atoms with Crippen molar-refractivity contribution < 1.29 is 10.2 Å². The predicted molar refractivity (Wildman–Crippen MR) is 88.1 cm³/mol. The van der Waals surface area contributed by atoms with Gasteiger partial charge in [-0.1, -0.05) is 19.9 Å². The first-order chi connectivity index (χ1) is 10.9. The minimum absolute atomic E-state index is 0.0753. The van der Waals surface area contributed by atoms with Crippen LogP contribution in [-0.2, 0) is 0 Å². The van der Waals surface area contributed by atoms with E-state index >= 15 is 0 Å². The van der Waals surface area contributed by atoms with Crippen LogP contribution >= 0.6 is 0 Å². The van der Waals surface area contributed by atoms with Crippen molar-refractivity contribution in [3.63, 3.8) is 0 Å². The summed E-state index contributed by atoms with van der Waals surface area (Å²) in [5, 5.41) is 23.4. The zero-order chi connectivity index (χ0) is 15.8. The molecule has 0 amide bonds. The smallest absolute Gasteiger partial charge is 0.0837 e. The molecule has 0 saturated heterocycles. The molecule has 0 aromatic carbocycles. The number of aliphatic hydroxyl groups is 2. The maximum absolute atomic E-state index is 12.2. The van der Waals surface area contributed by atoms with Gasteiger partial charge < -0.3 is 10.2 Å². The third kappa shape index (κ3) is 1.02. The lowest BCUT2D eigenvalue weighted by atomic mass is 9.38. The first-order valence-electron chi connectivity index (χ1n) is 9.54. The van der Waals surface area contributed by atoms with Crippen molar-refractivity contribution in [1.82, 2.24) is 0 Å². The maximum Gasteiger partial charge on any atom is 0.0837 e. The summed E-state index contributed by atoms with van der Waals surface area (Å²) in [5.74, 6) is 1.20. The standard InChI is InChI=1S/C20H27NO2/c1-11-12-8-13-15-19-6-3-5-17(2,10-21-15)14(19)4-7-18(13,16(11)22)20(19,23)9-12/h10,12-16,22-23H,1,3-9H2,2H3/t12?,13?,14?,15?,16-,17+,18?,19?,20+/m1/s1. The normalized spacial score (nSPS) is 67.6. The Morgan fingerprint density at radius 2 is 2.09 bits per heavy atom. The molecule has 1 heterocycles. The van der Waals surface area contributed by atoms with E-state index in [-0.39, 0.29) is 22.3 Å². The molecule has 6 aliphatic carbocycles. The fraction of sp³-hybridized carbons (Fsp3) is 0.850. The molecule has 7 aliphatic rings. The van der Waals surface area contributed by atoms with Gasteiger partial charge >= 0.3 is 0 Å². The quantitative estimate of drug-likeness (QED) is 0.676. The van der Waals surface area contributed by atoms with E-state index in [1.54, 1.807) is 0 Å². The summed E-state index contributed by atoms with van der Waals surface area (Å²) in [4.78, 5) is 5.11. The summed E-state index contributed by atoms with van der Waals surface area (Å²) >= 11 is 0. The molecule has 23 heavy (non-hydrogen) atoms. The molecule has 0 aromatic heterocycles. The second kappa shape index (κ2) is 3.48. The van der Waals surface area contributed by atoms with Gasteiger partial charge in [0, 0.05) is 22.5 Å². The van der Waals surface area contributed by atoms with Crippen molar-refractivity contribution >= 4 is 6.21 Å². The third-order valence-electron chi connectivity index (χ3n) is 9.65. The lowest BCUT2D eigenvalue weighted by Crippen LogP contribution is -2.73. The van der Waals surface area contributed by atoms with E-state index in [0.717, 1.165) is 37.7 Å². The van der Waals surface area contributed by atoms with Crippen molar-refractivity contribution in [2.45, 2.75) is 69.6 Å². The third-order valence-corrected chi connectivity index (χ3v) is 9.65. The number of hydrogen-bond donors (Lipinski definition) is 2. The molecule has 2 N–H and O–H groups in total. The van der Waals surface area contributed by atoms with Gasteiger partial charge in [-0.15, -0.1) is 0 Å². The van der Waals surface area contributed by atoms with Gasteiger partial charge in [-0.05, 0) is 61.9 Å². The molecule has 3 nitrogen and oxygen atoms in total. The number of fused-ring (bicyclic) bond motifs is 1. The van der Waals surface area contributed by atoms with Gasteiger partial charge in [-0.2, -0.15) is 0 Å². The van der Waals surface area contributed by atoms with Crippen LogP contribution in [0.15, 0.2) is 17.1 Å². The Labute approximate surface area is 137 Å². The number of hydrogen-bond acceptors (Lipinski definition) is 3. The highest BCUT2D eigenvalue weighted by Gasteiger charge is 2.86. The Hall–Kier alpha value is -0.670. The number of rotatable bonds is 0. The number of nitrogens with zero attached hydrogens (tertiary/aromatic N) is 1. The fourth-order valence-corrected chi connectivity index (χ4v) is 9.05. The van der Waals surface area contributed by atoms with Gasteiger partial charge in [0.15, 0.2) is 0 Å². The molecule has 6 bridgehead atoms. The number of aliphatic hydroxyl groups excluding tert-OH is 1. The van der Waals surface area contributed by atoms with Crippen molar-refractivity contribution in [3.8, 4) is 0 Å². The average Bonchev–Trinajstić information content (AvgIpc) is 2.60. The van der Waals surface area contributed by atoms with E-state index < -0.39 is 11.7 Å². The van der Waals surface area contributed by atoms with Crippen LogP contribution < -0.4 is 0 Å². The minimum Gasteiger partial charge on any atom is -0.388 e. The summed E-state index contributed by atoms with van der Waals surface area (Å²) in [7, 11) is 0. The van der Waals surface area contributed by atoms with Crippen molar-refractivity contribution in [3.05, 3.63) is 12.2 Å². The summed E-state index contributed by atoms with van der Waals surface area (Å²) < 4.78 is 0. The van der Waals surface area contributed by atoms with Crippen LogP contribution in [-0.4, -0.2) is 34.2 Å². The lowest BCUT2D eigenvalue weighted by molar-refractivity contribution is -0.272. The highest BCUT2D eigenvalue weighted by molar-refractivity contribution is 5.69. The molecule has 124 valence electrons. The van der Waals surface area contributed by atoms with Crippen LogP contribution in [0.25, 0.3) is 0 Å². The number of aliphatic imine (C=N–C) groups is 1. The van der Waals surface area contributed by atoms with Crippen LogP contribution in [0.5, 0.6) is 0 Å². The van der Waals surface area contributed by atoms with E-state index in [4.69, 9.17) is 4.99 Å². The van der Waals surface area contributed by atoms with Gasteiger partial charge in [0.2, 0.25) is 0 Å². The predicted octanol–water partition coefficient (Wildman–Crippen LogP) is 2.71. The average molecular weight is 313 g/mol. The summed E-state index contributed by atoms with van der Waals surface area (Å²) in [6, 6.07) is 0.237. The molecule has 2 spiro atoms. The van der Waals surface area contributed by atoms with Gasteiger partial charge in [0.05, 0.1) is 17.7 Å². The molecular formula is C20H27NO2. The largest absolute Gasteiger partial charge is 0.388 e. The van der Waals surface area contributed by atoms with Crippen molar-refractivity contribution in [1.29, 1.82) is 0 Å². The highest BCUT2D eigenvalue weighted by atomic mass is 16.3. The Balaban J connectivity index is 1.68. The molecule has 6 fully saturated rings. The zero-order valence-corrected chi connectivity index (χ0v) is 14.0. The second-order valence-corrected chi connectivity index (χ2v) is 9.84. The van der Waals surface area contributed by atoms with Crippen molar-refractivity contribution in [2.24, 2.45) is 39.0 Å². The fourth-order valence-electron chi connectivity index (χ4n) is 9.05. The maximum atomic E-state index is 12.2. The summed E-state index contributed by atoms with van der Waals surface area (Å²) in [6.45, 7) is 6.60. The first kappa shape index (κ1) is 13.6. The van der Waals surface area contributed by atoms with Gasteiger partial charge in [-0.25, -0.2) is 0 Å². The van der Waals surface area contributed by atoms with Gasteiger partial charge in [-0.3, -0.25) is 4.99 Å². The Kier molecular flexibility index (Phi) is 2.06. The molecule has 0 radical (unpaired) electrons. The Morgan fingerprint density at radius 1 is 1.26 bits per heavy atom.